The number of hydrogen-bond donors (Lipinski definition) is 3. The number of nitrogens with zero attached hydrogens (tertiary/aromatic N) is 1. The molecule has 0 spiro atoms. The van der Waals surface area contributed by atoms with Gasteiger partial charge < -0.3 is 10.6 Å². The standard InChI is InChI=1S/C7H14N4/c1-8-2-3-9-4-7-5-10-11-6-7/h5-6,8-9H,2-4H2,1H3,(H,10,11). The van der Waals surface area contributed by atoms with Crippen LogP contribution in [0.1, 0.15) is 5.56 Å². The van der Waals surface area contributed by atoms with E-state index in [1.54, 1.807) is 0 Å². The molecule has 0 saturated carbocycles. The molecular formula is C7H14N4. The van der Waals surface area contributed by atoms with Gasteiger partial charge in [0.25, 0.3) is 0 Å². The smallest absolute Gasteiger partial charge is 0.0532 e. The number of hydrogen-bond acceptors (Lipinski definition) is 3. The summed E-state index contributed by atoms with van der Waals surface area (Å²) < 4.78 is 0. The third-order valence-corrected chi connectivity index (χ3v) is 1.44. The van der Waals surface area contributed by atoms with Gasteiger partial charge in [-0.3, -0.25) is 5.10 Å². The van der Waals surface area contributed by atoms with Crippen LogP contribution in [0.25, 0.3) is 0 Å². The van der Waals surface area contributed by atoms with Crippen LogP contribution in [-0.4, -0.2) is 30.3 Å². The predicted octanol–water partition coefficient (Wildman–Crippen LogP) is -0.281. The van der Waals surface area contributed by atoms with Crippen LogP contribution in [0.15, 0.2) is 12.4 Å². The minimum atomic E-state index is 0.887. The topological polar surface area (TPSA) is 52.7 Å². The van der Waals surface area contributed by atoms with Crippen LogP contribution in [0.4, 0.5) is 0 Å². The number of aromatic amines is 1. The molecule has 0 radical (unpaired) electrons. The summed E-state index contributed by atoms with van der Waals surface area (Å²) in [4.78, 5) is 0. The van der Waals surface area contributed by atoms with E-state index in [0.717, 1.165) is 19.6 Å². The fraction of sp³-hybridized carbons (Fsp3) is 0.571. The van der Waals surface area contributed by atoms with Crippen LogP contribution in [0.3, 0.4) is 0 Å². The van der Waals surface area contributed by atoms with Crippen molar-refractivity contribution in [2.45, 2.75) is 6.54 Å². The molecule has 62 valence electrons. The maximum Gasteiger partial charge on any atom is 0.0532 e. The second-order valence-electron chi connectivity index (χ2n) is 2.39. The Morgan fingerprint density at radius 1 is 1.55 bits per heavy atom. The van der Waals surface area contributed by atoms with Crippen molar-refractivity contribution in [1.82, 2.24) is 20.8 Å². The van der Waals surface area contributed by atoms with Gasteiger partial charge in [-0.1, -0.05) is 0 Å². The van der Waals surface area contributed by atoms with E-state index in [0.29, 0.717) is 0 Å². The first kappa shape index (κ1) is 8.23. The van der Waals surface area contributed by atoms with Crippen LogP contribution in [0, 0.1) is 0 Å². The van der Waals surface area contributed by atoms with Crippen molar-refractivity contribution in [3.63, 3.8) is 0 Å². The van der Waals surface area contributed by atoms with Crippen molar-refractivity contribution in [1.29, 1.82) is 0 Å². The minimum absolute atomic E-state index is 0.887. The Balaban J connectivity index is 2.04. The predicted molar refractivity (Wildman–Crippen MR) is 44.2 cm³/mol. The van der Waals surface area contributed by atoms with E-state index in [1.807, 2.05) is 19.4 Å². The van der Waals surface area contributed by atoms with E-state index in [1.165, 1.54) is 5.56 Å². The average molecular weight is 154 g/mol. The summed E-state index contributed by atoms with van der Waals surface area (Å²) in [7, 11) is 1.94. The molecule has 0 unspecified atom stereocenters. The van der Waals surface area contributed by atoms with Gasteiger partial charge in [-0.2, -0.15) is 5.10 Å². The highest BCUT2D eigenvalue weighted by Gasteiger charge is 1.90. The van der Waals surface area contributed by atoms with E-state index in [4.69, 9.17) is 0 Å². The first-order valence-corrected chi connectivity index (χ1v) is 3.76. The lowest BCUT2D eigenvalue weighted by atomic mass is 10.3. The number of likely N-dealkylation sites (N-methyl/N-ethyl adjacent to an activating group) is 1. The largest absolute Gasteiger partial charge is 0.318 e. The van der Waals surface area contributed by atoms with Gasteiger partial charge in [0.1, 0.15) is 0 Å². The number of nitrogens with one attached hydrogen (secondary N) is 3. The highest BCUT2D eigenvalue weighted by molar-refractivity contribution is 5.01. The van der Waals surface area contributed by atoms with Crippen molar-refractivity contribution in [3.05, 3.63) is 18.0 Å². The number of aromatic nitrogens is 2. The minimum Gasteiger partial charge on any atom is -0.318 e. The van der Waals surface area contributed by atoms with Crippen molar-refractivity contribution < 1.29 is 0 Å². The van der Waals surface area contributed by atoms with Crippen LogP contribution in [0.2, 0.25) is 0 Å². The maximum atomic E-state index is 3.84. The lowest BCUT2D eigenvalue weighted by Crippen LogP contribution is -2.24. The first-order chi connectivity index (χ1) is 5.43. The Morgan fingerprint density at radius 2 is 2.45 bits per heavy atom. The molecule has 0 amide bonds. The molecule has 0 aliphatic heterocycles. The highest BCUT2D eigenvalue weighted by atomic mass is 15.1. The zero-order valence-electron chi connectivity index (χ0n) is 6.72. The number of rotatable bonds is 5. The molecule has 1 aromatic heterocycles. The molecule has 3 N–H and O–H groups in total. The molecule has 0 atom stereocenters. The number of H-pyrrole nitrogens is 1. The van der Waals surface area contributed by atoms with Gasteiger partial charge in [0, 0.05) is 31.4 Å². The zero-order chi connectivity index (χ0) is 7.94. The van der Waals surface area contributed by atoms with Gasteiger partial charge in [0.05, 0.1) is 6.20 Å². The van der Waals surface area contributed by atoms with E-state index in [9.17, 15) is 0 Å². The lowest BCUT2D eigenvalue weighted by molar-refractivity contribution is 0.651. The zero-order valence-corrected chi connectivity index (χ0v) is 6.72. The molecule has 0 saturated heterocycles. The van der Waals surface area contributed by atoms with E-state index in [2.05, 4.69) is 20.8 Å². The SMILES string of the molecule is CNCCNCc1cn[nH]c1. The van der Waals surface area contributed by atoms with Gasteiger partial charge in [0.15, 0.2) is 0 Å². The lowest BCUT2D eigenvalue weighted by Gasteiger charge is -2.00. The quantitative estimate of drug-likeness (QED) is 0.511. The third kappa shape index (κ3) is 3.15. The summed E-state index contributed by atoms with van der Waals surface area (Å²) in [6.45, 7) is 2.87. The van der Waals surface area contributed by atoms with Crippen molar-refractivity contribution in [2.24, 2.45) is 0 Å². The van der Waals surface area contributed by atoms with Crippen LogP contribution >= 0.6 is 0 Å². The van der Waals surface area contributed by atoms with E-state index >= 15 is 0 Å². The van der Waals surface area contributed by atoms with Gasteiger partial charge >= 0.3 is 0 Å². The van der Waals surface area contributed by atoms with Crippen LogP contribution in [0.5, 0.6) is 0 Å². The van der Waals surface area contributed by atoms with Crippen LogP contribution < -0.4 is 10.6 Å². The fourth-order valence-electron chi connectivity index (χ4n) is 0.820. The second kappa shape index (κ2) is 4.87. The van der Waals surface area contributed by atoms with E-state index in [-0.39, 0.29) is 0 Å². The molecule has 4 nitrogen and oxygen atoms in total. The maximum absolute atomic E-state index is 3.84. The molecule has 4 heteroatoms. The molecule has 11 heavy (non-hydrogen) atoms. The molecule has 0 bridgehead atoms. The van der Waals surface area contributed by atoms with Crippen molar-refractivity contribution in [3.8, 4) is 0 Å². The molecule has 0 aliphatic carbocycles. The second-order valence-corrected chi connectivity index (χ2v) is 2.39. The van der Waals surface area contributed by atoms with Gasteiger partial charge in [-0.05, 0) is 7.05 Å². The van der Waals surface area contributed by atoms with E-state index < -0.39 is 0 Å². The Morgan fingerprint density at radius 3 is 3.09 bits per heavy atom. The summed E-state index contributed by atoms with van der Waals surface area (Å²) in [6.07, 6.45) is 3.72. The summed E-state index contributed by atoms with van der Waals surface area (Å²) in [5.74, 6) is 0. The summed E-state index contributed by atoms with van der Waals surface area (Å²) in [6, 6.07) is 0. The van der Waals surface area contributed by atoms with Crippen molar-refractivity contribution >= 4 is 0 Å². The monoisotopic (exact) mass is 154 g/mol. The molecule has 0 aliphatic rings. The molecule has 1 aromatic rings. The summed E-state index contributed by atoms with van der Waals surface area (Å²) in [5.41, 5.74) is 1.20. The summed E-state index contributed by atoms with van der Waals surface area (Å²) in [5, 5.41) is 12.9. The Kier molecular flexibility index (Phi) is 3.64. The van der Waals surface area contributed by atoms with Crippen LogP contribution in [-0.2, 0) is 6.54 Å². The average Bonchev–Trinajstić information content (AvgIpc) is 2.50. The normalized spacial score (nSPS) is 10.3. The molecule has 0 fully saturated rings. The third-order valence-electron chi connectivity index (χ3n) is 1.44. The summed E-state index contributed by atoms with van der Waals surface area (Å²) >= 11 is 0. The van der Waals surface area contributed by atoms with Gasteiger partial charge in [-0.25, -0.2) is 0 Å². The molecule has 0 aromatic carbocycles. The Bertz CT molecular complexity index is 171. The molecule has 1 heterocycles. The Labute approximate surface area is 66.4 Å². The Hall–Kier alpha value is -0.870. The molecular weight excluding hydrogens is 140 g/mol. The fourth-order valence-corrected chi connectivity index (χ4v) is 0.820. The van der Waals surface area contributed by atoms with Gasteiger partial charge in [0.2, 0.25) is 0 Å². The highest BCUT2D eigenvalue weighted by Crippen LogP contribution is 1.90. The van der Waals surface area contributed by atoms with Crippen molar-refractivity contribution in [2.75, 3.05) is 20.1 Å². The van der Waals surface area contributed by atoms with Gasteiger partial charge in [-0.15, -0.1) is 0 Å². The molecule has 1 rings (SSSR count). The first-order valence-electron chi connectivity index (χ1n) is 3.76.